The Balaban J connectivity index is 1.69. The van der Waals surface area contributed by atoms with E-state index in [1.807, 2.05) is 0 Å². The van der Waals surface area contributed by atoms with Crippen molar-refractivity contribution >= 4 is 5.91 Å². The molecule has 2 aliphatic rings. The lowest BCUT2D eigenvalue weighted by atomic mass is 9.69. The zero-order chi connectivity index (χ0) is 14.5. The van der Waals surface area contributed by atoms with Crippen molar-refractivity contribution in [3.63, 3.8) is 0 Å². The highest BCUT2D eigenvalue weighted by Gasteiger charge is 2.35. The highest BCUT2D eigenvalue weighted by molar-refractivity contribution is 5.81. The van der Waals surface area contributed by atoms with Gasteiger partial charge in [0.25, 0.3) is 0 Å². The molecule has 1 aliphatic carbocycles. The summed E-state index contributed by atoms with van der Waals surface area (Å²) in [4.78, 5) is 12.2. The number of nitrogens with one attached hydrogen (secondary N) is 1. The fraction of sp³-hybridized carbons (Fsp3) is 0.611. The van der Waals surface area contributed by atoms with E-state index in [1.54, 1.807) is 0 Å². The molecule has 1 amide bonds. The van der Waals surface area contributed by atoms with Crippen LogP contribution < -0.4 is 5.32 Å². The van der Waals surface area contributed by atoms with E-state index in [1.165, 1.54) is 37.7 Å². The Labute approximate surface area is 127 Å². The normalized spacial score (nSPS) is 24.7. The van der Waals surface area contributed by atoms with Crippen LogP contribution in [0.3, 0.4) is 0 Å². The van der Waals surface area contributed by atoms with Crippen LogP contribution in [0.1, 0.15) is 50.5 Å². The van der Waals surface area contributed by atoms with Gasteiger partial charge in [0, 0.05) is 18.6 Å². The molecule has 114 valence electrons. The van der Waals surface area contributed by atoms with Gasteiger partial charge < -0.3 is 10.1 Å². The predicted octanol–water partition coefficient (Wildman–Crippen LogP) is 3.18. The third-order valence-electron chi connectivity index (χ3n) is 5.02. The summed E-state index contributed by atoms with van der Waals surface area (Å²) in [6, 6.07) is 10.7. The lowest BCUT2D eigenvalue weighted by Gasteiger charge is -2.38. The van der Waals surface area contributed by atoms with E-state index in [-0.39, 0.29) is 17.4 Å². The minimum absolute atomic E-state index is 0.0772. The van der Waals surface area contributed by atoms with Crippen molar-refractivity contribution in [2.75, 3.05) is 13.2 Å². The third-order valence-corrected chi connectivity index (χ3v) is 5.02. The number of benzene rings is 1. The number of carbonyl (C=O) groups is 1. The summed E-state index contributed by atoms with van der Waals surface area (Å²) >= 11 is 0. The monoisotopic (exact) mass is 287 g/mol. The Hall–Kier alpha value is -1.35. The molecular weight excluding hydrogens is 262 g/mol. The van der Waals surface area contributed by atoms with Crippen LogP contribution in [-0.4, -0.2) is 25.2 Å². The molecule has 1 saturated carbocycles. The predicted molar refractivity (Wildman–Crippen MR) is 83.2 cm³/mol. The molecular formula is C18H25NO2. The Morgan fingerprint density at radius 3 is 2.57 bits per heavy atom. The smallest absolute Gasteiger partial charge is 0.249 e. The van der Waals surface area contributed by atoms with Crippen LogP contribution in [0.25, 0.3) is 0 Å². The first-order valence-corrected chi connectivity index (χ1v) is 8.25. The van der Waals surface area contributed by atoms with E-state index in [0.717, 1.165) is 26.0 Å². The molecule has 1 aromatic rings. The van der Waals surface area contributed by atoms with Crippen LogP contribution >= 0.6 is 0 Å². The Kier molecular flexibility index (Phi) is 4.59. The summed E-state index contributed by atoms with van der Waals surface area (Å²) in [5.74, 6) is 0.0772. The summed E-state index contributed by atoms with van der Waals surface area (Å²) in [5.41, 5.74) is 1.49. The number of hydrogen-bond acceptors (Lipinski definition) is 2. The van der Waals surface area contributed by atoms with Crippen molar-refractivity contribution in [1.82, 2.24) is 5.32 Å². The van der Waals surface area contributed by atoms with Gasteiger partial charge in [-0.3, -0.25) is 4.79 Å². The van der Waals surface area contributed by atoms with E-state index in [0.29, 0.717) is 0 Å². The SMILES string of the molecule is O=C(NCC1(c2ccccc2)CCCCC1)[C@H]1CCCO1. The average molecular weight is 287 g/mol. The molecule has 1 heterocycles. The number of carbonyl (C=O) groups excluding carboxylic acids is 1. The quantitative estimate of drug-likeness (QED) is 0.923. The molecule has 0 unspecified atom stereocenters. The van der Waals surface area contributed by atoms with Crippen molar-refractivity contribution in [1.29, 1.82) is 0 Å². The maximum absolute atomic E-state index is 12.2. The van der Waals surface area contributed by atoms with E-state index in [4.69, 9.17) is 4.74 Å². The van der Waals surface area contributed by atoms with Crippen LogP contribution in [0.15, 0.2) is 30.3 Å². The molecule has 1 aliphatic heterocycles. The van der Waals surface area contributed by atoms with Crippen molar-refractivity contribution in [2.45, 2.75) is 56.5 Å². The Bertz CT molecular complexity index is 459. The molecule has 3 nitrogen and oxygen atoms in total. The average Bonchev–Trinajstić information content (AvgIpc) is 3.09. The highest BCUT2D eigenvalue weighted by atomic mass is 16.5. The molecule has 3 rings (SSSR count). The largest absolute Gasteiger partial charge is 0.368 e. The number of ether oxygens (including phenoxy) is 1. The fourth-order valence-electron chi connectivity index (χ4n) is 3.74. The molecule has 1 saturated heterocycles. The van der Waals surface area contributed by atoms with Crippen LogP contribution in [0.2, 0.25) is 0 Å². The van der Waals surface area contributed by atoms with Crippen LogP contribution in [0.5, 0.6) is 0 Å². The van der Waals surface area contributed by atoms with Crippen LogP contribution in [0, 0.1) is 0 Å². The van der Waals surface area contributed by atoms with Crippen LogP contribution in [-0.2, 0) is 14.9 Å². The van der Waals surface area contributed by atoms with Gasteiger partial charge in [-0.15, -0.1) is 0 Å². The van der Waals surface area contributed by atoms with E-state index < -0.39 is 0 Å². The molecule has 0 aromatic heterocycles. The van der Waals surface area contributed by atoms with Crippen molar-refractivity contribution < 1.29 is 9.53 Å². The Morgan fingerprint density at radius 2 is 1.90 bits per heavy atom. The lowest BCUT2D eigenvalue weighted by molar-refractivity contribution is -0.130. The highest BCUT2D eigenvalue weighted by Crippen LogP contribution is 2.38. The van der Waals surface area contributed by atoms with Gasteiger partial charge in [0.2, 0.25) is 5.91 Å². The van der Waals surface area contributed by atoms with Gasteiger partial charge in [-0.05, 0) is 31.2 Å². The topological polar surface area (TPSA) is 38.3 Å². The number of rotatable bonds is 4. The second kappa shape index (κ2) is 6.61. The summed E-state index contributed by atoms with van der Waals surface area (Å²) in [7, 11) is 0. The molecule has 0 spiro atoms. The van der Waals surface area contributed by atoms with E-state index >= 15 is 0 Å². The number of amides is 1. The van der Waals surface area contributed by atoms with E-state index in [9.17, 15) is 4.79 Å². The second-order valence-electron chi connectivity index (χ2n) is 6.43. The molecule has 1 N–H and O–H groups in total. The molecule has 3 heteroatoms. The van der Waals surface area contributed by atoms with E-state index in [2.05, 4.69) is 35.6 Å². The molecule has 1 atom stereocenters. The number of hydrogen-bond donors (Lipinski definition) is 1. The van der Waals surface area contributed by atoms with Gasteiger partial charge in [-0.2, -0.15) is 0 Å². The van der Waals surface area contributed by atoms with Gasteiger partial charge in [0.15, 0.2) is 0 Å². The lowest BCUT2D eigenvalue weighted by Crippen LogP contribution is -2.45. The fourth-order valence-corrected chi connectivity index (χ4v) is 3.74. The third kappa shape index (κ3) is 3.29. The summed E-state index contributed by atoms with van der Waals surface area (Å²) in [6.07, 6.45) is 7.81. The zero-order valence-corrected chi connectivity index (χ0v) is 12.6. The van der Waals surface area contributed by atoms with Crippen molar-refractivity contribution in [3.8, 4) is 0 Å². The minimum atomic E-state index is -0.221. The van der Waals surface area contributed by atoms with Crippen molar-refractivity contribution in [3.05, 3.63) is 35.9 Å². The Morgan fingerprint density at radius 1 is 1.14 bits per heavy atom. The first kappa shape index (κ1) is 14.6. The summed E-state index contributed by atoms with van der Waals surface area (Å²) in [6.45, 7) is 1.47. The standard InChI is InChI=1S/C18H25NO2/c20-17(16-10-7-13-21-16)19-14-18(11-5-2-6-12-18)15-8-3-1-4-9-15/h1,3-4,8-9,16H,2,5-7,10-14H2,(H,19,20)/t16-/m1/s1. The summed E-state index contributed by atoms with van der Waals surface area (Å²) in [5, 5.41) is 3.17. The maximum atomic E-state index is 12.2. The molecule has 0 bridgehead atoms. The molecule has 2 fully saturated rings. The van der Waals surface area contributed by atoms with Crippen molar-refractivity contribution in [2.24, 2.45) is 0 Å². The minimum Gasteiger partial charge on any atom is -0.368 e. The van der Waals surface area contributed by atoms with Gasteiger partial charge in [-0.25, -0.2) is 0 Å². The zero-order valence-electron chi connectivity index (χ0n) is 12.6. The molecule has 21 heavy (non-hydrogen) atoms. The van der Waals surface area contributed by atoms with Gasteiger partial charge in [-0.1, -0.05) is 49.6 Å². The maximum Gasteiger partial charge on any atom is 0.249 e. The molecule has 0 radical (unpaired) electrons. The first-order valence-electron chi connectivity index (χ1n) is 8.25. The van der Waals surface area contributed by atoms with Gasteiger partial charge in [0.1, 0.15) is 6.10 Å². The van der Waals surface area contributed by atoms with Crippen LogP contribution in [0.4, 0.5) is 0 Å². The molecule has 1 aromatic carbocycles. The van der Waals surface area contributed by atoms with Gasteiger partial charge >= 0.3 is 0 Å². The second-order valence-corrected chi connectivity index (χ2v) is 6.43. The summed E-state index contributed by atoms with van der Waals surface area (Å²) < 4.78 is 5.48. The van der Waals surface area contributed by atoms with Gasteiger partial charge in [0.05, 0.1) is 0 Å². The first-order chi connectivity index (χ1) is 10.3.